The molecule has 520 valence electrons. The summed E-state index contributed by atoms with van der Waals surface area (Å²) >= 11 is 0. The normalized spacial score (nSPS) is 28.5. The number of rotatable bonds is 54. The Balaban J connectivity index is 1.33. The maximum Gasteiger partial charge on any atom is 0.220 e. The molecule has 1 amide bonds. The Hall–Kier alpha value is -2.25. The van der Waals surface area contributed by atoms with Gasteiger partial charge in [0, 0.05) is 6.42 Å². The Kier molecular flexibility index (Phi) is 47.4. The lowest BCUT2D eigenvalue weighted by Gasteiger charge is -2.48. The first-order valence-electron chi connectivity index (χ1n) is 35.4. The molecule has 0 saturated carbocycles. The highest BCUT2D eigenvalue weighted by atomic mass is 16.8. The van der Waals surface area contributed by atoms with Crippen molar-refractivity contribution in [2.24, 2.45) is 0 Å². The van der Waals surface area contributed by atoms with E-state index in [-0.39, 0.29) is 18.9 Å². The minimum absolute atomic E-state index is 0.237. The summed E-state index contributed by atoms with van der Waals surface area (Å²) < 4.78 is 34.3. The monoisotopic (exact) mass is 1270 g/mol. The molecule has 3 aliphatic rings. The van der Waals surface area contributed by atoms with Crippen molar-refractivity contribution in [3.63, 3.8) is 0 Å². The molecule has 17 unspecified atom stereocenters. The van der Waals surface area contributed by atoms with Gasteiger partial charge in [0.2, 0.25) is 5.91 Å². The highest BCUT2D eigenvalue weighted by molar-refractivity contribution is 5.76. The molecule has 89 heavy (non-hydrogen) atoms. The van der Waals surface area contributed by atoms with Gasteiger partial charge in [0.05, 0.1) is 38.6 Å². The lowest BCUT2D eigenvalue weighted by atomic mass is 9.96. The van der Waals surface area contributed by atoms with Crippen LogP contribution >= 0.6 is 0 Å². The maximum atomic E-state index is 13.4. The van der Waals surface area contributed by atoms with Crippen LogP contribution in [-0.2, 0) is 33.2 Å². The molecule has 3 rings (SSSR count). The molecule has 0 bridgehead atoms. The predicted octanol–water partition coefficient (Wildman–Crippen LogP) is 9.39. The summed E-state index contributed by atoms with van der Waals surface area (Å²) in [5, 5.41) is 120. The third-order valence-electron chi connectivity index (χ3n) is 17.6. The summed E-state index contributed by atoms with van der Waals surface area (Å²) in [6, 6.07) is -0.988. The van der Waals surface area contributed by atoms with Crippen LogP contribution in [0.3, 0.4) is 0 Å². The van der Waals surface area contributed by atoms with Crippen molar-refractivity contribution >= 4 is 5.91 Å². The van der Waals surface area contributed by atoms with E-state index in [9.17, 15) is 61.0 Å². The van der Waals surface area contributed by atoms with Gasteiger partial charge in [-0.1, -0.05) is 236 Å². The molecule has 19 heteroatoms. The zero-order chi connectivity index (χ0) is 64.7. The lowest BCUT2D eigenvalue weighted by Crippen LogP contribution is -2.66. The summed E-state index contributed by atoms with van der Waals surface area (Å²) in [6.45, 7) is 1.68. The minimum atomic E-state index is -1.98. The summed E-state index contributed by atoms with van der Waals surface area (Å²) in [5.41, 5.74) is 0. The van der Waals surface area contributed by atoms with E-state index in [1.807, 2.05) is 6.08 Å². The Morgan fingerprint density at radius 2 is 0.753 bits per heavy atom. The van der Waals surface area contributed by atoms with Crippen LogP contribution in [0.2, 0.25) is 0 Å². The van der Waals surface area contributed by atoms with Gasteiger partial charge in [-0.25, -0.2) is 0 Å². The zero-order valence-electron chi connectivity index (χ0n) is 54.9. The molecule has 0 aromatic heterocycles. The molecule has 3 fully saturated rings. The number of nitrogens with one attached hydrogen (secondary N) is 1. The average Bonchev–Trinajstić information content (AvgIpc) is 1.33. The third-order valence-corrected chi connectivity index (χ3v) is 17.6. The molecule has 3 heterocycles. The second-order valence-corrected chi connectivity index (χ2v) is 25.3. The summed E-state index contributed by atoms with van der Waals surface area (Å²) in [6.07, 6.45) is 35.6. The van der Waals surface area contributed by atoms with Crippen LogP contribution < -0.4 is 5.32 Å². The molecule has 17 atom stereocenters. The van der Waals surface area contributed by atoms with Crippen LogP contribution in [0.4, 0.5) is 0 Å². The van der Waals surface area contributed by atoms with Crippen molar-refractivity contribution in [2.45, 2.75) is 362 Å². The number of aliphatic hydroxyl groups is 11. The second-order valence-electron chi connectivity index (χ2n) is 25.3. The fourth-order valence-electron chi connectivity index (χ4n) is 11.8. The lowest BCUT2D eigenvalue weighted by molar-refractivity contribution is -0.379. The van der Waals surface area contributed by atoms with Crippen LogP contribution in [0.1, 0.15) is 258 Å². The number of hydrogen-bond acceptors (Lipinski definition) is 18. The molecule has 0 aliphatic carbocycles. The Morgan fingerprint density at radius 1 is 0.404 bits per heavy atom. The highest BCUT2D eigenvalue weighted by Crippen LogP contribution is 2.33. The van der Waals surface area contributed by atoms with E-state index in [1.165, 1.54) is 180 Å². The van der Waals surface area contributed by atoms with E-state index in [1.54, 1.807) is 6.08 Å². The van der Waals surface area contributed by atoms with E-state index < -0.39 is 124 Å². The molecule has 0 radical (unpaired) electrons. The molecule has 0 spiro atoms. The van der Waals surface area contributed by atoms with Crippen molar-refractivity contribution in [1.29, 1.82) is 0 Å². The Morgan fingerprint density at radius 3 is 1.19 bits per heavy atom. The summed E-state index contributed by atoms with van der Waals surface area (Å²) in [4.78, 5) is 13.4. The second kappa shape index (κ2) is 52.1. The fraction of sp³-hybridized carbons (Fsp3) is 0.871. The maximum absolute atomic E-state index is 13.4. The van der Waals surface area contributed by atoms with Gasteiger partial charge in [-0.3, -0.25) is 4.79 Å². The largest absolute Gasteiger partial charge is 0.394 e. The zero-order valence-corrected chi connectivity index (χ0v) is 54.9. The molecule has 0 aromatic carbocycles. The smallest absolute Gasteiger partial charge is 0.220 e. The number of allylic oxidation sites excluding steroid dienone is 7. The number of carbonyl (C=O) groups is 1. The van der Waals surface area contributed by atoms with Crippen LogP contribution in [0.5, 0.6) is 0 Å². The number of unbranched alkanes of at least 4 members (excludes halogenated alkanes) is 32. The van der Waals surface area contributed by atoms with Crippen LogP contribution in [0.25, 0.3) is 0 Å². The van der Waals surface area contributed by atoms with Gasteiger partial charge >= 0.3 is 0 Å². The SMILES string of the molecule is CCCCCCC/C=C\C/C=C\CCCCCCCCCCCCCCCCCCCCCCCC(=O)NC(COC1OC(CO)C(OC2OC(CO)C(OC3OC(CO)C(O)C(O)C3O)C(O)C2O)C(O)C1O)C(O)/C=C/CC/C=C/CCCCCCC. The number of hydrogen-bond donors (Lipinski definition) is 12. The first-order chi connectivity index (χ1) is 43.3. The van der Waals surface area contributed by atoms with E-state index in [4.69, 9.17) is 28.4 Å². The molecule has 3 saturated heterocycles. The molecular weight excluding hydrogens is 1140 g/mol. The van der Waals surface area contributed by atoms with Gasteiger partial charge in [-0.2, -0.15) is 0 Å². The summed E-state index contributed by atoms with van der Waals surface area (Å²) in [5.74, 6) is -0.284. The van der Waals surface area contributed by atoms with Gasteiger partial charge in [0.15, 0.2) is 18.9 Å². The number of ether oxygens (including phenoxy) is 6. The van der Waals surface area contributed by atoms with Crippen molar-refractivity contribution in [3.05, 3.63) is 48.6 Å². The van der Waals surface area contributed by atoms with Gasteiger partial charge < -0.3 is 89.9 Å². The van der Waals surface area contributed by atoms with Gasteiger partial charge in [0.1, 0.15) is 73.2 Å². The minimum Gasteiger partial charge on any atom is -0.394 e. The first kappa shape index (κ1) is 81.0. The number of amides is 1. The van der Waals surface area contributed by atoms with Gasteiger partial charge in [-0.15, -0.1) is 0 Å². The van der Waals surface area contributed by atoms with Crippen molar-refractivity contribution < 1.29 is 89.4 Å². The van der Waals surface area contributed by atoms with Crippen molar-refractivity contribution in [2.75, 3.05) is 26.4 Å². The quantitative estimate of drug-likeness (QED) is 0.0199. The van der Waals surface area contributed by atoms with Crippen LogP contribution in [-0.4, -0.2) is 193 Å². The molecule has 12 N–H and O–H groups in total. The topological polar surface area (TPSA) is 307 Å². The van der Waals surface area contributed by atoms with E-state index in [0.29, 0.717) is 12.8 Å². The highest BCUT2D eigenvalue weighted by Gasteiger charge is 2.53. The summed E-state index contributed by atoms with van der Waals surface area (Å²) in [7, 11) is 0. The van der Waals surface area contributed by atoms with E-state index in [0.717, 1.165) is 44.9 Å². The predicted molar refractivity (Wildman–Crippen MR) is 346 cm³/mol. The molecular formula is C70H127NO18. The van der Waals surface area contributed by atoms with E-state index in [2.05, 4.69) is 55.6 Å². The molecule has 19 nitrogen and oxygen atoms in total. The molecule has 0 aromatic rings. The van der Waals surface area contributed by atoms with Gasteiger partial charge in [-0.05, 0) is 64.2 Å². The average molecular weight is 1270 g/mol. The first-order valence-corrected chi connectivity index (χ1v) is 35.4. The number of carbonyl (C=O) groups excluding carboxylic acids is 1. The van der Waals surface area contributed by atoms with Crippen LogP contribution in [0.15, 0.2) is 48.6 Å². The third kappa shape index (κ3) is 34.1. The van der Waals surface area contributed by atoms with E-state index >= 15 is 0 Å². The molecule has 3 aliphatic heterocycles. The van der Waals surface area contributed by atoms with Crippen molar-refractivity contribution in [3.8, 4) is 0 Å². The standard InChI is InChI=1S/C70H127NO18/c1-3-5-7-9-11-13-15-16-17-18-19-20-21-22-23-24-25-26-27-28-29-30-31-32-33-34-35-36-38-40-42-44-46-48-58(76)71-53(54(75)47-45-43-41-39-37-14-12-10-8-6-4-2)52-84-68-64(82)61(79)66(56(50-73)86-68)89-70-65(83)62(80)67(57(51-74)87-70)88-69-63(81)60(78)59(77)55(49-72)85-69/h15-16,18-19,37,39,45,47,53-57,59-70,72-75,77-83H,3-14,17,20-36,38,40-44,46,48-52H2,1-2H3,(H,71,76)/b16-15-,19-18-,39-37+,47-45+. The fourth-order valence-corrected chi connectivity index (χ4v) is 11.8. The Bertz CT molecular complexity index is 1800. The van der Waals surface area contributed by atoms with Crippen molar-refractivity contribution in [1.82, 2.24) is 5.32 Å². The van der Waals surface area contributed by atoms with Gasteiger partial charge in [0.25, 0.3) is 0 Å². The Labute approximate surface area is 535 Å². The van der Waals surface area contributed by atoms with Crippen LogP contribution in [0, 0.1) is 0 Å². The number of aliphatic hydroxyl groups excluding tert-OH is 11.